The van der Waals surface area contributed by atoms with Gasteiger partial charge in [-0.1, -0.05) is 43.9 Å². The summed E-state index contributed by atoms with van der Waals surface area (Å²) in [4.78, 5) is 22.5. The summed E-state index contributed by atoms with van der Waals surface area (Å²) in [5, 5.41) is 29.9. The van der Waals surface area contributed by atoms with Crippen LogP contribution in [0.3, 0.4) is 0 Å². The van der Waals surface area contributed by atoms with Crippen molar-refractivity contribution in [3.05, 3.63) is 35.0 Å². The van der Waals surface area contributed by atoms with Crippen molar-refractivity contribution >= 4 is 51.7 Å². The van der Waals surface area contributed by atoms with Crippen molar-refractivity contribution in [2.24, 2.45) is 7.05 Å². The highest BCUT2D eigenvalue weighted by Gasteiger charge is 2.23. The van der Waals surface area contributed by atoms with Crippen LogP contribution in [0, 0.1) is 0 Å². The van der Waals surface area contributed by atoms with Crippen LogP contribution in [-0.2, 0) is 12.5 Å². The quantitative estimate of drug-likeness (QED) is 0.379. The molecule has 0 bridgehead atoms. The molecule has 2 heterocycles. The highest BCUT2D eigenvalue weighted by Crippen LogP contribution is 2.32. The van der Waals surface area contributed by atoms with E-state index < -0.39 is 11.9 Å². The van der Waals surface area contributed by atoms with E-state index in [2.05, 4.69) is 36.1 Å². The number of carboxylic acid groups (broad SMARTS) is 2. The summed E-state index contributed by atoms with van der Waals surface area (Å²) in [5.41, 5.74) is 17.8. The summed E-state index contributed by atoms with van der Waals surface area (Å²) in [6.45, 7) is 6.18. The summed E-state index contributed by atoms with van der Waals surface area (Å²) in [6.07, 6.45) is 0. The van der Waals surface area contributed by atoms with Crippen LogP contribution in [0.15, 0.2) is 27.4 Å². The number of benzene rings is 1. The van der Waals surface area contributed by atoms with E-state index in [9.17, 15) is 9.59 Å². The lowest BCUT2D eigenvalue weighted by Gasteiger charge is -2.15. The van der Waals surface area contributed by atoms with Crippen LogP contribution in [0.25, 0.3) is 0 Å². The second kappa shape index (κ2) is 9.22. The zero-order valence-corrected chi connectivity index (χ0v) is 18.9. The van der Waals surface area contributed by atoms with Gasteiger partial charge in [-0.25, -0.2) is 9.59 Å². The van der Waals surface area contributed by atoms with Crippen LogP contribution in [0.2, 0.25) is 0 Å². The number of aryl methyl sites for hydroxylation is 1. The Labute approximate surface area is 186 Å². The first-order valence-electron chi connectivity index (χ1n) is 8.77. The standard InChI is InChI=1S/C10H7N3O4S2.C8H16N4/c11-9-12-13-10(19-9)18-4-1-2-5(7(14)15)6(3-4)8(16)17;1-8(2,3)6-5(9)7(10)12(4)11-6/h1-3H,(H2,11,12)(H,14,15)(H,16,17);9-10H2,1-4H3. The van der Waals surface area contributed by atoms with Gasteiger partial charge in [0.25, 0.3) is 0 Å². The molecule has 0 fully saturated rings. The van der Waals surface area contributed by atoms with Crippen LogP contribution in [0.5, 0.6) is 0 Å². The Morgan fingerprint density at radius 3 is 2.06 bits per heavy atom. The number of aromatic carboxylic acids is 2. The SMILES string of the molecule is Cn1nc(C(C)(C)C)c(N)c1N.Nc1nnc(Sc2ccc(C(=O)O)c(C(=O)O)c2)s1. The normalized spacial score (nSPS) is 11.0. The molecule has 31 heavy (non-hydrogen) atoms. The van der Waals surface area contributed by atoms with E-state index >= 15 is 0 Å². The second-order valence-corrected chi connectivity index (χ2v) is 9.68. The molecule has 0 radical (unpaired) electrons. The number of rotatable bonds is 4. The lowest BCUT2D eigenvalue weighted by Crippen LogP contribution is -2.14. The van der Waals surface area contributed by atoms with Crippen molar-refractivity contribution in [3.8, 4) is 0 Å². The molecule has 0 aliphatic heterocycles. The first-order chi connectivity index (χ1) is 14.3. The van der Waals surface area contributed by atoms with Gasteiger partial charge in [-0.15, -0.1) is 10.2 Å². The number of nitrogens with zero attached hydrogens (tertiary/aromatic N) is 4. The van der Waals surface area contributed by atoms with Crippen LogP contribution in [0.4, 0.5) is 16.6 Å². The Balaban J connectivity index is 0.000000245. The van der Waals surface area contributed by atoms with Crippen LogP contribution in [-0.4, -0.2) is 42.1 Å². The monoisotopic (exact) mass is 465 g/mol. The molecule has 3 rings (SSSR count). The van der Waals surface area contributed by atoms with Crippen molar-refractivity contribution < 1.29 is 19.8 Å². The number of nitrogen functional groups attached to an aromatic ring is 3. The van der Waals surface area contributed by atoms with Gasteiger partial charge < -0.3 is 27.4 Å². The Bertz CT molecular complexity index is 1120. The molecule has 166 valence electrons. The molecule has 0 aliphatic carbocycles. The first-order valence-corrected chi connectivity index (χ1v) is 10.4. The Morgan fingerprint density at radius 2 is 1.68 bits per heavy atom. The third kappa shape index (κ3) is 5.86. The molecule has 11 nitrogen and oxygen atoms in total. The molecule has 13 heteroatoms. The number of carboxylic acids is 2. The molecule has 0 amide bonds. The number of nitrogens with two attached hydrogens (primary N) is 3. The number of aromatic nitrogens is 4. The van der Waals surface area contributed by atoms with Gasteiger partial charge in [-0.2, -0.15) is 5.10 Å². The van der Waals surface area contributed by atoms with Gasteiger partial charge in [0.15, 0.2) is 4.34 Å². The summed E-state index contributed by atoms with van der Waals surface area (Å²) in [7, 11) is 1.79. The van der Waals surface area contributed by atoms with Gasteiger partial charge in [0.1, 0.15) is 5.82 Å². The van der Waals surface area contributed by atoms with Gasteiger partial charge in [-0.3, -0.25) is 4.68 Å². The van der Waals surface area contributed by atoms with Gasteiger partial charge in [-0.05, 0) is 18.2 Å². The smallest absolute Gasteiger partial charge is 0.336 e. The molecular weight excluding hydrogens is 442 g/mol. The fourth-order valence-electron chi connectivity index (χ4n) is 2.42. The van der Waals surface area contributed by atoms with E-state index in [1.165, 1.54) is 30.0 Å². The minimum Gasteiger partial charge on any atom is -0.478 e. The third-order valence-electron chi connectivity index (χ3n) is 3.92. The van der Waals surface area contributed by atoms with Crippen molar-refractivity contribution in [1.29, 1.82) is 0 Å². The zero-order chi connectivity index (χ0) is 23.5. The Morgan fingerprint density at radius 1 is 1.06 bits per heavy atom. The minimum absolute atomic E-state index is 0.0422. The van der Waals surface area contributed by atoms with Gasteiger partial charge in [0.2, 0.25) is 5.13 Å². The Kier molecular flexibility index (Phi) is 7.13. The molecule has 0 aliphatic rings. The van der Waals surface area contributed by atoms with E-state index in [4.69, 9.17) is 27.4 Å². The molecule has 1 aromatic carbocycles. The first kappa shape index (κ1) is 24.0. The van der Waals surface area contributed by atoms with E-state index in [1.54, 1.807) is 11.7 Å². The van der Waals surface area contributed by atoms with Crippen LogP contribution < -0.4 is 17.2 Å². The average Bonchev–Trinajstić information content (AvgIpc) is 3.19. The Hall–Kier alpha value is -3.32. The second-order valence-electron chi connectivity index (χ2n) is 7.35. The number of hydrogen-bond acceptors (Lipinski definition) is 10. The van der Waals surface area contributed by atoms with Gasteiger partial charge in [0, 0.05) is 17.4 Å². The summed E-state index contributed by atoms with van der Waals surface area (Å²) < 4.78 is 2.16. The number of anilines is 3. The maximum atomic E-state index is 11.0. The third-order valence-corrected chi connectivity index (χ3v) is 5.71. The number of carbonyl (C=O) groups is 2. The minimum atomic E-state index is -1.29. The molecule has 0 atom stereocenters. The maximum absolute atomic E-state index is 11.0. The van der Waals surface area contributed by atoms with E-state index in [-0.39, 0.29) is 16.5 Å². The molecule has 0 spiro atoms. The van der Waals surface area contributed by atoms with Gasteiger partial charge >= 0.3 is 11.9 Å². The van der Waals surface area contributed by atoms with Crippen LogP contribution in [0.1, 0.15) is 47.2 Å². The van der Waals surface area contributed by atoms with Crippen molar-refractivity contribution in [2.45, 2.75) is 35.4 Å². The summed E-state index contributed by atoms with van der Waals surface area (Å²) in [5.74, 6) is -2.04. The molecule has 3 aromatic rings. The largest absolute Gasteiger partial charge is 0.478 e. The average molecular weight is 466 g/mol. The fraction of sp³-hybridized carbons (Fsp3) is 0.278. The topological polar surface area (TPSA) is 196 Å². The summed E-state index contributed by atoms with van der Waals surface area (Å²) in [6, 6.07) is 4.05. The zero-order valence-electron chi connectivity index (χ0n) is 17.3. The van der Waals surface area contributed by atoms with Crippen LogP contribution >= 0.6 is 23.1 Å². The van der Waals surface area contributed by atoms with Gasteiger partial charge in [0.05, 0.1) is 22.5 Å². The van der Waals surface area contributed by atoms with E-state index in [0.29, 0.717) is 25.9 Å². The lowest BCUT2D eigenvalue weighted by molar-refractivity contribution is 0.0651. The lowest BCUT2D eigenvalue weighted by atomic mass is 9.91. The molecule has 0 saturated heterocycles. The predicted molar refractivity (Wildman–Crippen MR) is 120 cm³/mol. The predicted octanol–water partition coefficient (Wildman–Crippen LogP) is 2.55. The number of hydrogen-bond donors (Lipinski definition) is 5. The fourth-order valence-corrected chi connectivity index (χ4v) is 4.07. The maximum Gasteiger partial charge on any atom is 0.336 e. The van der Waals surface area contributed by atoms with Crippen molar-refractivity contribution in [2.75, 3.05) is 17.2 Å². The van der Waals surface area contributed by atoms with Crippen molar-refractivity contribution in [1.82, 2.24) is 20.0 Å². The van der Waals surface area contributed by atoms with E-state index in [1.807, 2.05) is 0 Å². The highest BCUT2D eigenvalue weighted by atomic mass is 32.2. The summed E-state index contributed by atoms with van der Waals surface area (Å²) >= 11 is 2.33. The molecule has 0 saturated carbocycles. The molecule has 8 N–H and O–H groups in total. The molecule has 0 unspecified atom stereocenters. The molecular formula is C18H23N7O4S2. The highest BCUT2D eigenvalue weighted by molar-refractivity contribution is 8.01. The van der Waals surface area contributed by atoms with E-state index in [0.717, 1.165) is 17.0 Å². The molecule has 2 aromatic heterocycles. The van der Waals surface area contributed by atoms with Crippen molar-refractivity contribution in [3.63, 3.8) is 0 Å².